The first kappa shape index (κ1) is 8.48. The predicted molar refractivity (Wildman–Crippen MR) is 43.9 cm³/mol. The summed E-state index contributed by atoms with van der Waals surface area (Å²) in [5, 5.41) is -0.650. The van der Waals surface area contributed by atoms with Gasteiger partial charge in [-0.2, -0.15) is 8.42 Å². The van der Waals surface area contributed by atoms with Crippen molar-refractivity contribution in [2.24, 2.45) is 11.8 Å². The minimum atomic E-state index is -4.24. The van der Waals surface area contributed by atoms with E-state index in [4.69, 9.17) is 0 Å². The summed E-state index contributed by atoms with van der Waals surface area (Å²) in [6.45, 7) is 0. The van der Waals surface area contributed by atoms with E-state index in [1.165, 1.54) is 6.42 Å². The van der Waals surface area contributed by atoms with E-state index >= 15 is 0 Å². The number of hydrogen-bond acceptors (Lipinski definition) is 2. The monoisotopic (exact) mass is 192 g/mol. The summed E-state index contributed by atoms with van der Waals surface area (Å²) in [4.78, 5) is 0. The molecule has 0 radical (unpaired) electrons. The molecule has 70 valence electrons. The van der Waals surface area contributed by atoms with Gasteiger partial charge < -0.3 is 0 Å². The van der Waals surface area contributed by atoms with Crippen molar-refractivity contribution in [1.82, 2.24) is 0 Å². The Kier molecular flexibility index (Phi) is 1.90. The van der Waals surface area contributed by atoms with Gasteiger partial charge in [-0.05, 0) is 24.7 Å². The molecule has 0 aromatic heterocycles. The summed E-state index contributed by atoms with van der Waals surface area (Å²) < 4.78 is 33.8. The van der Waals surface area contributed by atoms with Crippen LogP contribution < -0.4 is 0 Å². The Morgan fingerprint density at radius 2 is 1.83 bits per heavy atom. The van der Waals surface area contributed by atoms with Gasteiger partial charge in [0, 0.05) is 0 Å². The third-order valence-corrected chi connectivity index (χ3v) is 4.61. The highest BCUT2D eigenvalue weighted by Gasteiger charge is 2.48. The fourth-order valence-corrected chi connectivity index (χ4v) is 3.87. The van der Waals surface area contributed by atoms with Crippen molar-refractivity contribution in [3.63, 3.8) is 0 Å². The summed E-state index contributed by atoms with van der Waals surface area (Å²) in [6.07, 6.45) is 4.87. The van der Waals surface area contributed by atoms with Gasteiger partial charge in [0.05, 0.1) is 5.25 Å². The molecule has 12 heavy (non-hydrogen) atoms. The van der Waals surface area contributed by atoms with Crippen molar-refractivity contribution in [3.8, 4) is 0 Å². The first-order chi connectivity index (χ1) is 5.59. The van der Waals surface area contributed by atoms with Crippen LogP contribution in [0.5, 0.6) is 0 Å². The smallest absolute Gasteiger partial charge is 0.195 e. The van der Waals surface area contributed by atoms with Gasteiger partial charge in [0.2, 0.25) is 0 Å². The third-order valence-electron chi connectivity index (χ3n) is 3.34. The van der Waals surface area contributed by atoms with Gasteiger partial charge in [0.1, 0.15) is 0 Å². The first-order valence-corrected chi connectivity index (χ1v) is 5.97. The lowest BCUT2D eigenvalue weighted by Gasteiger charge is -2.45. The normalized spacial score (nSPS) is 41.6. The maximum Gasteiger partial charge on any atom is 0.305 e. The van der Waals surface area contributed by atoms with Crippen molar-refractivity contribution in [2.45, 2.75) is 37.4 Å². The Morgan fingerprint density at radius 3 is 2.42 bits per heavy atom. The second-order valence-electron chi connectivity index (χ2n) is 3.96. The zero-order valence-corrected chi connectivity index (χ0v) is 7.69. The van der Waals surface area contributed by atoms with E-state index in [0.717, 1.165) is 19.3 Å². The average molecular weight is 192 g/mol. The first-order valence-electron chi connectivity index (χ1n) is 4.52. The molecule has 0 spiro atoms. The average Bonchev–Trinajstić information content (AvgIpc) is 1.88. The van der Waals surface area contributed by atoms with Crippen LogP contribution in [0.1, 0.15) is 32.1 Å². The second kappa shape index (κ2) is 2.69. The fraction of sp³-hybridized carbons (Fsp3) is 1.00. The standard InChI is InChI=1S/C8H13FO2S/c9-12(10,11)8-5-6-3-1-2-4-7(6)8/h6-8H,1-5H2. The highest BCUT2D eigenvalue weighted by molar-refractivity contribution is 7.87. The molecule has 0 N–H and O–H groups in total. The van der Waals surface area contributed by atoms with Crippen LogP contribution in [-0.2, 0) is 10.2 Å². The van der Waals surface area contributed by atoms with E-state index in [2.05, 4.69) is 0 Å². The molecule has 0 aliphatic heterocycles. The molecular weight excluding hydrogens is 179 g/mol. The van der Waals surface area contributed by atoms with Crippen LogP contribution in [-0.4, -0.2) is 13.7 Å². The van der Waals surface area contributed by atoms with Crippen molar-refractivity contribution in [3.05, 3.63) is 0 Å². The summed E-state index contributed by atoms with van der Waals surface area (Å²) in [5.41, 5.74) is 0. The summed E-state index contributed by atoms with van der Waals surface area (Å²) in [7, 11) is -4.24. The maximum absolute atomic E-state index is 12.6. The summed E-state index contributed by atoms with van der Waals surface area (Å²) >= 11 is 0. The topological polar surface area (TPSA) is 34.1 Å². The van der Waals surface area contributed by atoms with E-state index in [1.54, 1.807) is 0 Å². The molecular formula is C8H13FO2S. The van der Waals surface area contributed by atoms with Gasteiger partial charge in [0.15, 0.2) is 0 Å². The highest BCUT2D eigenvalue weighted by Crippen LogP contribution is 2.48. The lowest BCUT2D eigenvalue weighted by atomic mass is 9.65. The predicted octanol–water partition coefficient (Wildman–Crippen LogP) is 1.86. The van der Waals surface area contributed by atoms with Crippen LogP contribution in [0.25, 0.3) is 0 Å². The van der Waals surface area contributed by atoms with Crippen molar-refractivity contribution in [1.29, 1.82) is 0 Å². The lowest BCUT2D eigenvalue weighted by Crippen LogP contribution is -2.46. The van der Waals surface area contributed by atoms with Crippen LogP contribution in [0.3, 0.4) is 0 Å². The molecule has 3 unspecified atom stereocenters. The van der Waals surface area contributed by atoms with Gasteiger partial charge >= 0.3 is 10.2 Å². The number of halogens is 1. The molecule has 0 heterocycles. The van der Waals surface area contributed by atoms with E-state index in [9.17, 15) is 12.3 Å². The molecule has 0 bridgehead atoms. The molecule has 2 nitrogen and oxygen atoms in total. The molecule has 2 saturated carbocycles. The maximum atomic E-state index is 12.6. The van der Waals surface area contributed by atoms with E-state index in [0.29, 0.717) is 12.3 Å². The Labute approximate surface area is 72.4 Å². The minimum Gasteiger partial charge on any atom is -0.195 e. The molecule has 2 rings (SSSR count). The Bertz CT molecular complexity index is 273. The van der Waals surface area contributed by atoms with Crippen LogP contribution in [0, 0.1) is 11.8 Å². The number of fused-ring (bicyclic) bond motifs is 1. The molecule has 4 heteroatoms. The Morgan fingerprint density at radius 1 is 1.17 bits per heavy atom. The van der Waals surface area contributed by atoms with Gasteiger partial charge in [-0.25, -0.2) is 0 Å². The van der Waals surface area contributed by atoms with Crippen molar-refractivity contribution < 1.29 is 12.3 Å². The SMILES string of the molecule is O=S(=O)(F)C1CC2CCCCC21. The Balaban J connectivity index is 2.06. The van der Waals surface area contributed by atoms with Crippen LogP contribution in [0.15, 0.2) is 0 Å². The molecule has 0 amide bonds. The van der Waals surface area contributed by atoms with E-state index < -0.39 is 15.5 Å². The molecule has 0 aromatic rings. The number of rotatable bonds is 1. The summed E-state index contributed by atoms with van der Waals surface area (Å²) in [6, 6.07) is 0. The zero-order chi connectivity index (χ0) is 8.77. The molecule has 0 aromatic carbocycles. The van der Waals surface area contributed by atoms with Crippen LogP contribution in [0.4, 0.5) is 3.89 Å². The zero-order valence-electron chi connectivity index (χ0n) is 6.87. The molecule has 0 saturated heterocycles. The van der Waals surface area contributed by atoms with Gasteiger partial charge in [0.25, 0.3) is 0 Å². The highest BCUT2D eigenvalue weighted by atomic mass is 32.3. The second-order valence-corrected chi connectivity index (χ2v) is 5.51. The largest absolute Gasteiger partial charge is 0.305 e. The Hall–Kier alpha value is -0.120. The molecule has 3 atom stereocenters. The van der Waals surface area contributed by atoms with E-state index in [-0.39, 0.29) is 5.92 Å². The number of hydrogen-bond donors (Lipinski definition) is 0. The molecule has 2 aliphatic carbocycles. The summed E-state index contributed by atoms with van der Waals surface area (Å²) in [5.74, 6) is 0.656. The van der Waals surface area contributed by atoms with Crippen LogP contribution >= 0.6 is 0 Å². The molecule has 2 fully saturated rings. The van der Waals surface area contributed by atoms with E-state index in [1.807, 2.05) is 0 Å². The van der Waals surface area contributed by atoms with Gasteiger partial charge in [-0.3, -0.25) is 0 Å². The van der Waals surface area contributed by atoms with Gasteiger partial charge in [-0.15, -0.1) is 3.89 Å². The lowest BCUT2D eigenvalue weighted by molar-refractivity contribution is 0.117. The molecule has 2 aliphatic rings. The van der Waals surface area contributed by atoms with Gasteiger partial charge in [-0.1, -0.05) is 19.3 Å². The third kappa shape index (κ3) is 1.26. The fourth-order valence-electron chi connectivity index (χ4n) is 2.62. The minimum absolute atomic E-state index is 0.147. The van der Waals surface area contributed by atoms with Crippen LogP contribution in [0.2, 0.25) is 0 Å². The van der Waals surface area contributed by atoms with Crippen molar-refractivity contribution in [2.75, 3.05) is 0 Å². The quantitative estimate of drug-likeness (QED) is 0.594. The van der Waals surface area contributed by atoms with Crippen molar-refractivity contribution >= 4 is 10.2 Å².